The molecule has 1 saturated carbocycles. The molecule has 1 fully saturated rings. The maximum atomic E-state index is 12.9. The minimum atomic E-state index is -0.598. The van der Waals surface area contributed by atoms with Gasteiger partial charge in [-0.25, -0.2) is 9.67 Å². The predicted molar refractivity (Wildman–Crippen MR) is 131 cm³/mol. The molecule has 3 heterocycles. The van der Waals surface area contributed by atoms with E-state index in [0.29, 0.717) is 29.3 Å². The first-order valence-electron chi connectivity index (χ1n) is 11.0. The highest BCUT2D eigenvalue weighted by Crippen LogP contribution is 2.43. The summed E-state index contributed by atoms with van der Waals surface area (Å²) in [6.45, 7) is 6.77. The fraction of sp³-hybridized carbons (Fsp3) is 0.435. The Kier molecular flexibility index (Phi) is 6.90. The predicted octanol–water partition coefficient (Wildman–Crippen LogP) is 4.72. The van der Waals surface area contributed by atoms with Gasteiger partial charge < -0.3 is 4.74 Å². The fourth-order valence-electron chi connectivity index (χ4n) is 3.83. The molecule has 1 N–H and O–H groups in total. The smallest absolute Gasteiger partial charge is 0.264 e. The van der Waals surface area contributed by atoms with Crippen molar-refractivity contribution in [3.05, 3.63) is 47.0 Å². The molecule has 1 unspecified atom stereocenters. The van der Waals surface area contributed by atoms with E-state index in [2.05, 4.69) is 26.8 Å². The Hall–Kier alpha value is -2.65. The van der Waals surface area contributed by atoms with Gasteiger partial charge in [0.2, 0.25) is 5.88 Å². The van der Waals surface area contributed by atoms with E-state index in [9.17, 15) is 4.79 Å². The molecule has 0 aliphatic heterocycles. The van der Waals surface area contributed by atoms with Crippen molar-refractivity contribution < 1.29 is 9.53 Å². The van der Waals surface area contributed by atoms with Crippen LogP contribution in [0.5, 0.6) is 5.88 Å². The van der Waals surface area contributed by atoms with Gasteiger partial charge in [0.15, 0.2) is 5.82 Å². The van der Waals surface area contributed by atoms with Crippen molar-refractivity contribution in [3.8, 4) is 11.7 Å². The van der Waals surface area contributed by atoms with Gasteiger partial charge >= 0.3 is 0 Å². The van der Waals surface area contributed by atoms with Gasteiger partial charge in [-0.15, -0.1) is 5.10 Å². The molecule has 1 amide bonds. The Balaban J connectivity index is 1.45. The molecule has 1 aliphatic rings. The van der Waals surface area contributed by atoms with Crippen molar-refractivity contribution >= 4 is 33.5 Å². The maximum absolute atomic E-state index is 12.9. The summed E-state index contributed by atoms with van der Waals surface area (Å²) >= 11 is 6.39. The molecule has 4 rings (SSSR count). The number of nitrogens with zero attached hydrogens (tertiary/aromatic N) is 5. The first-order chi connectivity index (χ1) is 15.9. The van der Waals surface area contributed by atoms with Crippen molar-refractivity contribution in [2.45, 2.75) is 51.3 Å². The van der Waals surface area contributed by atoms with Crippen LogP contribution in [0.4, 0.5) is 0 Å². The summed E-state index contributed by atoms with van der Waals surface area (Å²) in [6.07, 6.45) is 8.36. The van der Waals surface area contributed by atoms with E-state index < -0.39 is 10.7 Å². The molecule has 33 heavy (non-hydrogen) atoms. The number of rotatable bonds is 8. The summed E-state index contributed by atoms with van der Waals surface area (Å²) < 4.78 is 12.3. The van der Waals surface area contributed by atoms with Crippen LogP contribution in [0.15, 0.2) is 35.5 Å². The molecule has 1 atom stereocenters. The number of pyridine rings is 1. The summed E-state index contributed by atoms with van der Waals surface area (Å²) in [4.78, 5) is 18.2. The Morgan fingerprint density at radius 2 is 2.15 bits per heavy atom. The fourth-order valence-corrected chi connectivity index (χ4v) is 5.47. The Labute approximate surface area is 201 Å². The number of aryl methyl sites for hydroxylation is 1. The topological polar surface area (TPSA) is 86.9 Å². The molecular weight excluding hydrogens is 460 g/mol. The lowest BCUT2D eigenvalue weighted by Gasteiger charge is -2.40. The molecule has 0 saturated heterocycles. The summed E-state index contributed by atoms with van der Waals surface area (Å²) in [5, 5.41) is 10.8. The number of hydrogen-bond donors (Lipinski definition) is 1. The molecule has 10 heteroatoms. The van der Waals surface area contributed by atoms with Gasteiger partial charge in [-0.2, -0.15) is 5.10 Å². The van der Waals surface area contributed by atoms with Crippen molar-refractivity contribution in [2.75, 3.05) is 6.61 Å². The quantitative estimate of drug-likeness (QED) is 0.366. The first-order valence-corrected chi connectivity index (χ1v) is 12.7. The van der Waals surface area contributed by atoms with Crippen LogP contribution in [0.1, 0.15) is 55.6 Å². The number of halogens is 1. The Morgan fingerprint density at radius 3 is 2.73 bits per heavy atom. The SMILES string of the molecule is C/C=S(/NC(=O)c1ccc(-n2ccc(OCC3(CC)CCC3)n2)nc1Cl)c1cnn(C)c1C. The van der Waals surface area contributed by atoms with Gasteiger partial charge in [0.05, 0.1) is 23.3 Å². The standard InChI is InChI=1S/C23H29ClN6O2S/c1-5-23(11-7-12-23)15-32-20-10-13-30(27-20)19-9-8-17(21(24)26-19)22(31)28-33(6-2)18-14-25-29(4)16(18)3/h6,8-10,13-14H,5,7,11-12,15H2,1-4H3,(H,28,31). The van der Waals surface area contributed by atoms with Crippen molar-refractivity contribution in [3.63, 3.8) is 0 Å². The third-order valence-electron chi connectivity index (χ3n) is 6.43. The van der Waals surface area contributed by atoms with Crippen LogP contribution < -0.4 is 9.46 Å². The number of amides is 1. The number of carbonyl (C=O) groups excluding carboxylic acids is 1. The van der Waals surface area contributed by atoms with E-state index in [1.807, 2.05) is 32.3 Å². The van der Waals surface area contributed by atoms with E-state index in [-0.39, 0.29) is 11.1 Å². The van der Waals surface area contributed by atoms with Crippen LogP contribution in [0, 0.1) is 12.3 Å². The highest BCUT2D eigenvalue weighted by molar-refractivity contribution is 8.13. The second-order valence-electron chi connectivity index (χ2n) is 8.32. The van der Waals surface area contributed by atoms with E-state index in [4.69, 9.17) is 16.3 Å². The minimum Gasteiger partial charge on any atom is -0.476 e. The second-order valence-corrected chi connectivity index (χ2v) is 10.5. The second kappa shape index (κ2) is 9.69. The lowest BCUT2D eigenvalue weighted by atomic mass is 9.68. The van der Waals surface area contributed by atoms with E-state index in [1.54, 1.807) is 33.9 Å². The van der Waals surface area contributed by atoms with Crippen LogP contribution in [-0.2, 0) is 7.05 Å². The monoisotopic (exact) mass is 488 g/mol. The first kappa shape index (κ1) is 23.5. The molecule has 0 bridgehead atoms. The number of nitrogens with one attached hydrogen (secondary N) is 1. The van der Waals surface area contributed by atoms with E-state index in [1.165, 1.54) is 19.3 Å². The van der Waals surface area contributed by atoms with E-state index >= 15 is 0 Å². The zero-order chi connectivity index (χ0) is 23.6. The molecule has 1 aliphatic carbocycles. The van der Waals surface area contributed by atoms with Gasteiger partial charge in [-0.05, 0) is 50.6 Å². The average Bonchev–Trinajstić information content (AvgIpc) is 3.38. The Bertz CT molecular complexity index is 1190. The van der Waals surface area contributed by atoms with Crippen molar-refractivity contribution in [1.82, 2.24) is 29.3 Å². The third-order valence-corrected chi connectivity index (χ3v) is 8.47. The van der Waals surface area contributed by atoms with Crippen molar-refractivity contribution in [1.29, 1.82) is 0 Å². The average molecular weight is 489 g/mol. The van der Waals surface area contributed by atoms with Crippen LogP contribution in [-0.4, -0.2) is 42.4 Å². The van der Waals surface area contributed by atoms with Crippen LogP contribution in [0.3, 0.4) is 0 Å². The zero-order valence-electron chi connectivity index (χ0n) is 19.3. The van der Waals surface area contributed by atoms with Crippen LogP contribution >= 0.6 is 22.3 Å². The van der Waals surface area contributed by atoms with Gasteiger partial charge in [-0.3, -0.25) is 14.2 Å². The van der Waals surface area contributed by atoms with Crippen LogP contribution in [0.25, 0.3) is 5.82 Å². The summed E-state index contributed by atoms with van der Waals surface area (Å²) in [5.74, 6) is 0.784. The highest BCUT2D eigenvalue weighted by atomic mass is 35.5. The third kappa shape index (κ3) is 4.84. The van der Waals surface area contributed by atoms with Gasteiger partial charge in [-0.1, -0.05) is 35.6 Å². The normalized spacial score (nSPS) is 15.8. The lowest BCUT2D eigenvalue weighted by Crippen LogP contribution is -2.35. The van der Waals surface area contributed by atoms with E-state index in [0.717, 1.165) is 17.0 Å². The summed E-state index contributed by atoms with van der Waals surface area (Å²) in [6, 6.07) is 5.20. The molecule has 0 aromatic carbocycles. The molecule has 176 valence electrons. The summed E-state index contributed by atoms with van der Waals surface area (Å²) in [5.41, 5.74) is 1.60. The number of carbonyl (C=O) groups is 1. The summed E-state index contributed by atoms with van der Waals surface area (Å²) in [7, 11) is 1.28. The maximum Gasteiger partial charge on any atom is 0.264 e. The molecule has 3 aromatic rings. The number of ether oxygens (including phenoxy) is 1. The van der Waals surface area contributed by atoms with Crippen molar-refractivity contribution in [2.24, 2.45) is 12.5 Å². The largest absolute Gasteiger partial charge is 0.476 e. The van der Waals surface area contributed by atoms with Gasteiger partial charge in [0.25, 0.3) is 5.91 Å². The molecule has 0 radical (unpaired) electrons. The highest BCUT2D eigenvalue weighted by Gasteiger charge is 2.36. The van der Waals surface area contributed by atoms with Gasteiger partial charge in [0.1, 0.15) is 5.15 Å². The number of hydrogen-bond acceptors (Lipinski definition) is 5. The lowest BCUT2D eigenvalue weighted by molar-refractivity contribution is 0.0513. The molecular formula is C23H29ClN6O2S. The molecule has 8 nitrogen and oxygen atoms in total. The van der Waals surface area contributed by atoms with Crippen LogP contribution in [0.2, 0.25) is 5.15 Å². The Morgan fingerprint density at radius 1 is 1.36 bits per heavy atom. The molecule has 3 aromatic heterocycles. The van der Waals surface area contributed by atoms with Gasteiger partial charge in [0, 0.05) is 30.4 Å². The minimum absolute atomic E-state index is 0.116. The number of aromatic nitrogens is 5. The zero-order valence-corrected chi connectivity index (χ0v) is 20.9. The molecule has 0 spiro atoms.